The van der Waals surface area contributed by atoms with Gasteiger partial charge < -0.3 is 20.1 Å². The summed E-state index contributed by atoms with van der Waals surface area (Å²) in [6, 6.07) is 23.7. The third-order valence-electron chi connectivity index (χ3n) is 6.59. The molecule has 0 spiro atoms. The summed E-state index contributed by atoms with van der Waals surface area (Å²) in [6.07, 6.45) is 0.106. The topological polar surface area (TPSA) is 112 Å². The van der Waals surface area contributed by atoms with Crippen molar-refractivity contribution in [3.05, 3.63) is 101 Å². The molecular formula is C29H33N3O5S. The fourth-order valence-electron chi connectivity index (χ4n) is 4.52. The highest BCUT2D eigenvalue weighted by Crippen LogP contribution is 2.25. The molecule has 200 valence electrons. The first kappa shape index (κ1) is 27.5. The van der Waals surface area contributed by atoms with Crippen LogP contribution in [0.15, 0.2) is 83.8 Å². The van der Waals surface area contributed by atoms with Gasteiger partial charge in [0.05, 0.1) is 11.0 Å². The van der Waals surface area contributed by atoms with Crippen LogP contribution in [-0.4, -0.2) is 60.2 Å². The van der Waals surface area contributed by atoms with Gasteiger partial charge in [0, 0.05) is 44.1 Å². The highest BCUT2D eigenvalue weighted by Gasteiger charge is 2.19. The van der Waals surface area contributed by atoms with Crippen molar-refractivity contribution in [1.82, 2.24) is 14.2 Å². The van der Waals surface area contributed by atoms with Gasteiger partial charge in [0.25, 0.3) is 0 Å². The first-order chi connectivity index (χ1) is 18.1. The monoisotopic (exact) mass is 535 g/mol. The van der Waals surface area contributed by atoms with Crippen molar-refractivity contribution in [3.63, 3.8) is 0 Å². The van der Waals surface area contributed by atoms with E-state index in [1.165, 1.54) is 20.2 Å². The third-order valence-corrected chi connectivity index (χ3v) is 8.40. The van der Waals surface area contributed by atoms with Gasteiger partial charge in [-0.05, 0) is 60.4 Å². The van der Waals surface area contributed by atoms with Crippen molar-refractivity contribution in [2.75, 3.05) is 20.6 Å². The minimum atomic E-state index is -3.60. The molecule has 1 aromatic heterocycles. The molecule has 0 saturated heterocycles. The maximum Gasteiger partial charge on any atom is 0.352 e. The van der Waals surface area contributed by atoms with E-state index in [4.69, 9.17) is 0 Å². The lowest BCUT2D eigenvalue weighted by Gasteiger charge is -2.18. The number of fused-ring (bicyclic) bond motifs is 1. The number of hydrogen-bond donors (Lipinski definition) is 3. The molecule has 8 nitrogen and oxygen atoms in total. The zero-order valence-electron chi connectivity index (χ0n) is 21.7. The van der Waals surface area contributed by atoms with Crippen LogP contribution in [0.25, 0.3) is 10.9 Å². The lowest BCUT2D eigenvalue weighted by molar-refractivity contribution is 0.0686. The standard InChI is InChI=1S/C29H33N3O5S/c1-20(30-18-28(33)23-9-5-4-6-10-23)14-21-12-13-26-24(15-21)17-27(29(34)35)32(26)19-22-8-7-11-25(16-22)38(36,37)31(2)3/h4-13,15-17,20,28,30,33H,14,18-19H2,1-3H3,(H,34,35). The van der Waals surface area contributed by atoms with Crippen LogP contribution in [0.1, 0.15) is 40.2 Å². The van der Waals surface area contributed by atoms with Gasteiger partial charge in [-0.15, -0.1) is 0 Å². The Balaban J connectivity index is 1.53. The number of hydrogen-bond acceptors (Lipinski definition) is 5. The van der Waals surface area contributed by atoms with Gasteiger partial charge in [-0.25, -0.2) is 17.5 Å². The normalized spacial score (nSPS) is 13.6. The highest BCUT2D eigenvalue weighted by molar-refractivity contribution is 7.89. The van der Waals surface area contributed by atoms with Gasteiger partial charge >= 0.3 is 5.97 Å². The largest absolute Gasteiger partial charge is 0.477 e. The Kier molecular flexibility index (Phi) is 8.32. The van der Waals surface area contributed by atoms with Gasteiger partial charge in [0.15, 0.2) is 0 Å². The Morgan fingerprint density at radius 3 is 2.39 bits per heavy atom. The smallest absolute Gasteiger partial charge is 0.352 e. The maximum absolute atomic E-state index is 12.6. The molecular weight excluding hydrogens is 502 g/mol. The van der Waals surface area contributed by atoms with E-state index in [0.29, 0.717) is 18.5 Å². The van der Waals surface area contributed by atoms with E-state index in [1.54, 1.807) is 28.8 Å². The number of nitrogens with zero attached hydrogens (tertiary/aromatic N) is 2. The quantitative estimate of drug-likeness (QED) is 0.269. The lowest BCUT2D eigenvalue weighted by atomic mass is 10.0. The summed E-state index contributed by atoms with van der Waals surface area (Å²) in [4.78, 5) is 12.2. The van der Waals surface area contributed by atoms with Crippen LogP contribution in [0.4, 0.5) is 0 Å². The number of aromatic nitrogens is 1. The predicted octanol–water partition coefficient (Wildman–Crippen LogP) is 3.89. The fraction of sp³-hybridized carbons (Fsp3) is 0.276. The molecule has 1 heterocycles. The van der Waals surface area contributed by atoms with Crippen molar-refractivity contribution in [1.29, 1.82) is 0 Å². The molecule has 0 aliphatic carbocycles. The van der Waals surface area contributed by atoms with Crippen LogP contribution in [0.5, 0.6) is 0 Å². The average Bonchev–Trinajstić information content (AvgIpc) is 3.25. The summed E-state index contributed by atoms with van der Waals surface area (Å²) >= 11 is 0. The van der Waals surface area contributed by atoms with E-state index < -0.39 is 22.1 Å². The molecule has 2 unspecified atom stereocenters. The van der Waals surface area contributed by atoms with E-state index in [0.717, 1.165) is 26.3 Å². The van der Waals surface area contributed by atoms with Crippen molar-refractivity contribution < 1.29 is 23.4 Å². The zero-order chi connectivity index (χ0) is 27.4. The summed E-state index contributed by atoms with van der Waals surface area (Å²) in [5, 5.41) is 24.5. The Morgan fingerprint density at radius 2 is 1.71 bits per heavy atom. The molecule has 38 heavy (non-hydrogen) atoms. The number of carbonyl (C=O) groups is 1. The minimum Gasteiger partial charge on any atom is -0.477 e. The highest BCUT2D eigenvalue weighted by atomic mass is 32.2. The van der Waals surface area contributed by atoms with E-state index in [2.05, 4.69) is 5.32 Å². The maximum atomic E-state index is 12.6. The molecule has 0 amide bonds. The van der Waals surface area contributed by atoms with Gasteiger partial charge in [0.2, 0.25) is 10.0 Å². The number of sulfonamides is 1. The molecule has 3 aromatic carbocycles. The second-order valence-corrected chi connectivity index (χ2v) is 11.8. The number of benzene rings is 3. The number of nitrogens with one attached hydrogen (secondary N) is 1. The molecule has 4 aromatic rings. The van der Waals surface area contributed by atoms with Crippen molar-refractivity contribution in [3.8, 4) is 0 Å². The first-order valence-electron chi connectivity index (χ1n) is 12.4. The minimum absolute atomic E-state index is 0.0910. The number of aliphatic hydroxyl groups excluding tert-OH is 1. The van der Waals surface area contributed by atoms with Crippen LogP contribution in [0.3, 0.4) is 0 Å². The second kappa shape index (κ2) is 11.5. The Labute approximate surface area is 223 Å². The fourth-order valence-corrected chi connectivity index (χ4v) is 5.50. The van der Waals surface area contributed by atoms with Gasteiger partial charge in [0.1, 0.15) is 5.69 Å². The Morgan fingerprint density at radius 1 is 0.974 bits per heavy atom. The van der Waals surface area contributed by atoms with Gasteiger partial charge in [-0.1, -0.05) is 48.5 Å². The number of rotatable bonds is 11. The van der Waals surface area contributed by atoms with Crippen LogP contribution in [-0.2, 0) is 23.0 Å². The van der Waals surface area contributed by atoms with Crippen molar-refractivity contribution in [2.45, 2.75) is 36.9 Å². The van der Waals surface area contributed by atoms with E-state index in [9.17, 15) is 23.4 Å². The molecule has 0 radical (unpaired) electrons. The summed E-state index contributed by atoms with van der Waals surface area (Å²) < 4.78 is 28.0. The molecule has 0 saturated carbocycles. The van der Waals surface area contributed by atoms with Gasteiger partial charge in [-0.3, -0.25) is 0 Å². The van der Waals surface area contributed by atoms with Gasteiger partial charge in [-0.2, -0.15) is 0 Å². The SMILES string of the molecule is CC(Cc1ccc2c(c1)cc(C(=O)O)n2Cc1cccc(S(=O)(=O)N(C)C)c1)NCC(O)c1ccccc1. The van der Waals surface area contributed by atoms with Crippen LogP contribution in [0.2, 0.25) is 0 Å². The zero-order valence-corrected chi connectivity index (χ0v) is 22.5. The summed E-state index contributed by atoms with van der Waals surface area (Å²) in [7, 11) is -0.653. The van der Waals surface area contributed by atoms with Crippen LogP contribution >= 0.6 is 0 Å². The molecule has 0 aliphatic heterocycles. The molecule has 3 N–H and O–H groups in total. The molecule has 4 rings (SSSR count). The summed E-state index contributed by atoms with van der Waals surface area (Å²) in [5.41, 5.74) is 3.48. The summed E-state index contributed by atoms with van der Waals surface area (Å²) in [5.74, 6) is -1.05. The lowest BCUT2D eigenvalue weighted by Crippen LogP contribution is -2.32. The predicted molar refractivity (Wildman–Crippen MR) is 148 cm³/mol. The van der Waals surface area contributed by atoms with Crippen molar-refractivity contribution >= 4 is 26.9 Å². The van der Waals surface area contributed by atoms with Crippen molar-refractivity contribution in [2.24, 2.45) is 0 Å². The van der Waals surface area contributed by atoms with E-state index in [-0.39, 0.29) is 23.2 Å². The third kappa shape index (κ3) is 6.14. The average molecular weight is 536 g/mol. The van der Waals surface area contributed by atoms with Crippen LogP contribution in [0, 0.1) is 0 Å². The van der Waals surface area contributed by atoms with Crippen LogP contribution < -0.4 is 5.32 Å². The van der Waals surface area contributed by atoms with E-state index >= 15 is 0 Å². The Hall–Kier alpha value is -3.50. The molecule has 0 fully saturated rings. The first-order valence-corrected chi connectivity index (χ1v) is 13.8. The molecule has 2 atom stereocenters. The number of aliphatic hydroxyl groups is 1. The number of aromatic carboxylic acids is 1. The number of carboxylic acid groups (broad SMARTS) is 1. The molecule has 0 aliphatic rings. The Bertz CT molecular complexity index is 1530. The number of carboxylic acids is 1. The second-order valence-electron chi connectivity index (χ2n) is 9.69. The summed E-state index contributed by atoms with van der Waals surface area (Å²) in [6.45, 7) is 2.69. The molecule has 0 bridgehead atoms. The van der Waals surface area contributed by atoms with E-state index in [1.807, 2.05) is 55.5 Å². The molecule has 9 heteroatoms.